The third-order valence-electron chi connectivity index (χ3n) is 2.13. The van der Waals surface area contributed by atoms with Crippen LogP contribution in [0.15, 0.2) is 12.7 Å². The molecule has 0 radical (unpaired) electrons. The van der Waals surface area contributed by atoms with Crippen LogP contribution in [0, 0.1) is 0 Å². The third-order valence-corrected chi connectivity index (χ3v) is 2.13. The summed E-state index contributed by atoms with van der Waals surface area (Å²) in [7, 11) is 1.70. The normalized spacial score (nSPS) is 21.0. The SMILES string of the molecule is C=CC(=O)N(C)C[C@@H]1CCC(=O)N1. The molecule has 1 saturated heterocycles. The van der Waals surface area contributed by atoms with E-state index in [0.717, 1.165) is 6.42 Å². The summed E-state index contributed by atoms with van der Waals surface area (Å²) in [4.78, 5) is 23.5. The van der Waals surface area contributed by atoms with Crippen molar-refractivity contribution in [3.63, 3.8) is 0 Å². The number of rotatable bonds is 3. The van der Waals surface area contributed by atoms with E-state index in [1.165, 1.54) is 6.08 Å². The summed E-state index contributed by atoms with van der Waals surface area (Å²) in [6.45, 7) is 3.96. The van der Waals surface area contributed by atoms with Gasteiger partial charge in [0.05, 0.1) is 0 Å². The quantitative estimate of drug-likeness (QED) is 0.620. The highest BCUT2D eigenvalue weighted by molar-refractivity contribution is 5.87. The van der Waals surface area contributed by atoms with E-state index in [4.69, 9.17) is 0 Å². The zero-order valence-electron chi connectivity index (χ0n) is 7.75. The van der Waals surface area contributed by atoms with Gasteiger partial charge in [-0.2, -0.15) is 0 Å². The van der Waals surface area contributed by atoms with E-state index < -0.39 is 0 Å². The van der Waals surface area contributed by atoms with Crippen LogP contribution >= 0.6 is 0 Å². The van der Waals surface area contributed by atoms with Crippen molar-refractivity contribution in [2.75, 3.05) is 13.6 Å². The van der Waals surface area contributed by atoms with Crippen molar-refractivity contribution in [1.82, 2.24) is 10.2 Å². The van der Waals surface area contributed by atoms with Gasteiger partial charge in [-0.25, -0.2) is 0 Å². The fraction of sp³-hybridized carbons (Fsp3) is 0.556. The monoisotopic (exact) mass is 182 g/mol. The molecule has 0 bridgehead atoms. The lowest BCUT2D eigenvalue weighted by Gasteiger charge is -2.19. The van der Waals surface area contributed by atoms with E-state index in [2.05, 4.69) is 11.9 Å². The molecule has 0 saturated carbocycles. The largest absolute Gasteiger partial charge is 0.352 e. The van der Waals surface area contributed by atoms with Crippen molar-refractivity contribution in [1.29, 1.82) is 0 Å². The molecule has 0 spiro atoms. The molecule has 1 N–H and O–H groups in total. The van der Waals surface area contributed by atoms with Gasteiger partial charge in [0, 0.05) is 26.1 Å². The number of nitrogens with one attached hydrogen (secondary N) is 1. The highest BCUT2D eigenvalue weighted by Crippen LogP contribution is 2.07. The minimum atomic E-state index is -0.110. The Morgan fingerprint density at radius 1 is 1.85 bits per heavy atom. The van der Waals surface area contributed by atoms with Gasteiger partial charge in [0.1, 0.15) is 0 Å². The topological polar surface area (TPSA) is 49.4 Å². The number of carbonyl (C=O) groups excluding carboxylic acids is 2. The van der Waals surface area contributed by atoms with Gasteiger partial charge < -0.3 is 10.2 Å². The van der Waals surface area contributed by atoms with Crippen molar-refractivity contribution in [3.8, 4) is 0 Å². The third kappa shape index (κ3) is 2.57. The molecule has 0 unspecified atom stereocenters. The van der Waals surface area contributed by atoms with Crippen LogP contribution in [0.4, 0.5) is 0 Å². The van der Waals surface area contributed by atoms with Gasteiger partial charge >= 0.3 is 0 Å². The maximum absolute atomic E-state index is 11.1. The van der Waals surface area contributed by atoms with Gasteiger partial charge in [-0.05, 0) is 12.5 Å². The number of amides is 2. The van der Waals surface area contributed by atoms with Gasteiger partial charge in [0.2, 0.25) is 11.8 Å². The van der Waals surface area contributed by atoms with Gasteiger partial charge in [-0.3, -0.25) is 9.59 Å². The number of hydrogen-bond acceptors (Lipinski definition) is 2. The lowest BCUT2D eigenvalue weighted by Crippen LogP contribution is -2.38. The van der Waals surface area contributed by atoms with Crippen molar-refractivity contribution < 1.29 is 9.59 Å². The highest BCUT2D eigenvalue weighted by Gasteiger charge is 2.22. The second-order valence-corrected chi connectivity index (χ2v) is 3.23. The second-order valence-electron chi connectivity index (χ2n) is 3.23. The van der Waals surface area contributed by atoms with Gasteiger partial charge in [-0.1, -0.05) is 6.58 Å². The molecule has 1 atom stereocenters. The minimum absolute atomic E-state index is 0.0736. The molecule has 0 aromatic heterocycles. The predicted molar refractivity (Wildman–Crippen MR) is 49.0 cm³/mol. The highest BCUT2D eigenvalue weighted by atomic mass is 16.2. The molecule has 0 aromatic carbocycles. The van der Waals surface area contributed by atoms with Crippen molar-refractivity contribution in [2.45, 2.75) is 18.9 Å². The lowest BCUT2D eigenvalue weighted by atomic mass is 10.2. The van der Waals surface area contributed by atoms with Crippen LogP contribution in [0.3, 0.4) is 0 Å². The molecule has 1 rings (SSSR count). The molecule has 1 fully saturated rings. The summed E-state index contributed by atoms with van der Waals surface area (Å²) < 4.78 is 0. The molecule has 4 heteroatoms. The smallest absolute Gasteiger partial charge is 0.245 e. The Hall–Kier alpha value is -1.32. The number of carbonyl (C=O) groups is 2. The molecule has 1 aliphatic heterocycles. The van der Waals surface area contributed by atoms with Gasteiger partial charge in [-0.15, -0.1) is 0 Å². The maximum atomic E-state index is 11.1. The number of hydrogen-bond donors (Lipinski definition) is 1. The Balaban J connectivity index is 2.36. The van der Waals surface area contributed by atoms with Crippen LogP contribution < -0.4 is 5.32 Å². The van der Waals surface area contributed by atoms with Crippen LogP contribution in [0.25, 0.3) is 0 Å². The van der Waals surface area contributed by atoms with Gasteiger partial charge in [0.15, 0.2) is 0 Å². The van der Waals surface area contributed by atoms with Crippen LogP contribution in [-0.4, -0.2) is 36.3 Å². The average Bonchev–Trinajstić information content (AvgIpc) is 2.49. The summed E-state index contributed by atoms with van der Waals surface area (Å²) in [6.07, 6.45) is 2.66. The van der Waals surface area contributed by atoms with Crippen LogP contribution in [0.2, 0.25) is 0 Å². The van der Waals surface area contributed by atoms with E-state index in [1.54, 1.807) is 11.9 Å². The summed E-state index contributed by atoms with van der Waals surface area (Å²) in [6, 6.07) is 0.112. The van der Waals surface area contributed by atoms with Gasteiger partial charge in [0.25, 0.3) is 0 Å². The Bertz CT molecular complexity index is 238. The van der Waals surface area contributed by atoms with Crippen molar-refractivity contribution >= 4 is 11.8 Å². The molecule has 0 aliphatic carbocycles. The van der Waals surface area contributed by atoms with E-state index in [-0.39, 0.29) is 17.9 Å². The molecule has 2 amide bonds. The first-order chi connectivity index (χ1) is 6.13. The molecule has 1 heterocycles. The zero-order valence-corrected chi connectivity index (χ0v) is 7.75. The lowest BCUT2D eigenvalue weighted by molar-refractivity contribution is -0.125. The Kier molecular flexibility index (Phi) is 3.06. The summed E-state index contributed by atoms with van der Waals surface area (Å²) in [5, 5.41) is 2.80. The van der Waals surface area contributed by atoms with Crippen LogP contribution in [0.1, 0.15) is 12.8 Å². The van der Waals surface area contributed by atoms with E-state index in [0.29, 0.717) is 13.0 Å². The fourth-order valence-electron chi connectivity index (χ4n) is 1.39. The van der Waals surface area contributed by atoms with E-state index in [9.17, 15) is 9.59 Å². The molecule has 1 aliphatic rings. The van der Waals surface area contributed by atoms with Crippen molar-refractivity contribution in [3.05, 3.63) is 12.7 Å². The number of nitrogens with zero attached hydrogens (tertiary/aromatic N) is 1. The number of likely N-dealkylation sites (N-methyl/N-ethyl adjacent to an activating group) is 1. The fourth-order valence-corrected chi connectivity index (χ4v) is 1.39. The molecule has 4 nitrogen and oxygen atoms in total. The molecular weight excluding hydrogens is 168 g/mol. The molecular formula is C9H14N2O2. The first-order valence-electron chi connectivity index (χ1n) is 4.30. The van der Waals surface area contributed by atoms with E-state index in [1.807, 2.05) is 0 Å². The molecule has 13 heavy (non-hydrogen) atoms. The molecule has 0 aromatic rings. The zero-order chi connectivity index (χ0) is 9.84. The Labute approximate surface area is 77.6 Å². The standard InChI is InChI=1S/C9H14N2O2/c1-3-9(13)11(2)6-7-4-5-8(12)10-7/h3,7H,1,4-6H2,2H3,(H,10,12)/t7-/m0/s1. The first kappa shape index (κ1) is 9.77. The van der Waals surface area contributed by atoms with Crippen LogP contribution in [-0.2, 0) is 9.59 Å². The summed E-state index contributed by atoms with van der Waals surface area (Å²) in [5.41, 5.74) is 0. The Morgan fingerprint density at radius 3 is 3.00 bits per heavy atom. The van der Waals surface area contributed by atoms with Crippen LogP contribution in [0.5, 0.6) is 0 Å². The average molecular weight is 182 g/mol. The maximum Gasteiger partial charge on any atom is 0.245 e. The second kappa shape index (κ2) is 4.07. The first-order valence-corrected chi connectivity index (χ1v) is 4.30. The van der Waals surface area contributed by atoms with E-state index >= 15 is 0 Å². The summed E-state index contributed by atoms with van der Waals surface area (Å²) in [5.74, 6) is -0.0365. The summed E-state index contributed by atoms with van der Waals surface area (Å²) >= 11 is 0. The van der Waals surface area contributed by atoms with Crippen molar-refractivity contribution in [2.24, 2.45) is 0 Å². The predicted octanol–water partition coefficient (Wildman–Crippen LogP) is -0.0906. The molecule has 72 valence electrons. The Morgan fingerprint density at radius 2 is 2.54 bits per heavy atom. The minimum Gasteiger partial charge on any atom is -0.352 e.